The first-order valence-electron chi connectivity index (χ1n) is 2.74. The molecule has 7 heavy (non-hydrogen) atoms. The molecule has 0 radical (unpaired) electrons. The molecular formula is C5H11IN-. The maximum absolute atomic E-state index is 3.40. The van der Waals surface area contributed by atoms with Crippen molar-refractivity contribution in [3.05, 3.63) is 0 Å². The summed E-state index contributed by atoms with van der Waals surface area (Å²) in [6.07, 6.45) is 2.90. The molecule has 0 aromatic rings. The Morgan fingerprint density at radius 3 is 3.29 bits per heavy atom. The summed E-state index contributed by atoms with van der Waals surface area (Å²) in [5.74, 6) is 0. The van der Waals surface area contributed by atoms with Crippen molar-refractivity contribution in [3.63, 3.8) is 0 Å². The van der Waals surface area contributed by atoms with Gasteiger partial charge in [0, 0.05) is 0 Å². The van der Waals surface area contributed by atoms with Crippen LogP contribution in [0.25, 0.3) is 0 Å². The number of alkyl halides is 2. The molecule has 1 saturated heterocycles. The summed E-state index contributed by atoms with van der Waals surface area (Å²) in [5.41, 5.74) is 0. The molecule has 0 atom stereocenters. The van der Waals surface area contributed by atoms with E-state index < -0.39 is 0 Å². The molecule has 44 valence electrons. The van der Waals surface area contributed by atoms with Crippen molar-refractivity contribution < 1.29 is 21.2 Å². The van der Waals surface area contributed by atoms with Crippen molar-refractivity contribution in [2.24, 2.45) is 0 Å². The zero-order valence-electron chi connectivity index (χ0n) is 4.41. The van der Waals surface area contributed by atoms with Gasteiger partial charge in [0.2, 0.25) is 0 Å². The van der Waals surface area contributed by atoms with Crippen molar-refractivity contribution in [3.8, 4) is 0 Å². The van der Waals surface area contributed by atoms with E-state index in [4.69, 9.17) is 0 Å². The summed E-state index contributed by atoms with van der Waals surface area (Å²) in [5, 5.41) is 3.40. The minimum absolute atomic E-state index is 0.576. The van der Waals surface area contributed by atoms with E-state index in [2.05, 4.69) is 5.32 Å². The van der Waals surface area contributed by atoms with Gasteiger partial charge >= 0.3 is 54.9 Å². The fourth-order valence-corrected chi connectivity index (χ4v) is 2.86. The second kappa shape index (κ2) is 3.66. The predicted molar refractivity (Wildman–Crippen MR) is 27.0 cm³/mol. The van der Waals surface area contributed by atoms with Crippen LogP contribution in [0.15, 0.2) is 0 Å². The third-order valence-corrected chi connectivity index (χ3v) is 3.66. The summed E-state index contributed by atoms with van der Waals surface area (Å²) in [7, 11) is 0. The van der Waals surface area contributed by atoms with Crippen LogP contribution in [0.2, 0.25) is 0 Å². The molecule has 0 unspecified atom stereocenters. The van der Waals surface area contributed by atoms with Crippen molar-refractivity contribution in [2.45, 2.75) is 12.8 Å². The average molecular weight is 212 g/mol. The van der Waals surface area contributed by atoms with Gasteiger partial charge in [-0.1, -0.05) is 0 Å². The first-order chi connectivity index (χ1) is 3.50. The van der Waals surface area contributed by atoms with Crippen LogP contribution in [0.5, 0.6) is 0 Å². The first kappa shape index (κ1) is 5.82. The van der Waals surface area contributed by atoms with Crippen LogP contribution in [0.4, 0.5) is 0 Å². The average Bonchev–Trinajstić information content (AvgIpc) is 1.90. The number of nitrogens with one attached hydrogen (secondary N) is 1. The second-order valence-corrected chi connectivity index (χ2v) is 4.64. The van der Waals surface area contributed by atoms with Crippen molar-refractivity contribution in [1.29, 1.82) is 0 Å². The molecule has 1 nitrogen and oxygen atoms in total. The Hall–Kier alpha value is 0.690. The first-order valence-corrected chi connectivity index (χ1v) is 5.79. The summed E-state index contributed by atoms with van der Waals surface area (Å²) < 4.78 is 2.91. The van der Waals surface area contributed by atoms with Crippen molar-refractivity contribution in [1.82, 2.24) is 5.32 Å². The molecule has 1 fully saturated rings. The van der Waals surface area contributed by atoms with Gasteiger partial charge in [-0.25, -0.2) is 0 Å². The van der Waals surface area contributed by atoms with Crippen LogP contribution >= 0.6 is 0 Å². The van der Waals surface area contributed by atoms with E-state index >= 15 is 0 Å². The van der Waals surface area contributed by atoms with Crippen LogP contribution in [-0.2, 0) is 0 Å². The zero-order valence-corrected chi connectivity index (χ0v) is 6.57. The Morgan fingerprint density at radius 1 is 1.29 bits per heavy atom. The molecule has 0 aliphatic carbocycles. The van der Waals surface area contributed by atoms with Crippen molar-refractivity contribution >= 4 is 0 Å². The molecule has 2 heteroatoms. The van der Waals surface area contributed by atoms with Crippen LogP contribution < -0.4 is 26.5 Å². The third-order valence-electron chi connectivity index (χ3n) is 1.06. The van der Waals surface area contributed by atoms with Crippen molar-refractivity contribution in [2.75, 3.05) is 15.5 Å². The Labute approximate surface area is 55.1 Å². The van der Waals surface area contributed by atoms with E-state index in [1.54, 1.807) is 4.43 Å². The second-order valence-electron chi connectivity index (χ2n) is 1.72. The molecule has 1 heterocycles. The summed E-state index contributed by atoms with van der Waals surface area (Å²) >= 11 is 0.576. The van der Waals surface area contributed by atoms with Gasteiger partial charge in [0.05, 0.1) is 0 Å². The molecular weight excluding hydrogens is 201 g/mol. The van der Waals surface area contributed by atoms with E-state index in [9.17, 15) is 0 Å². The minimum atomic E-state index is 0.576. The Kier molecular flexibility index (Phi) is 3.05. The molecule has 1 aliphatic heterocycles. The summed E-state index contributed by atoms with van der Waals surface area (Å²) in [6.45, 7) is 1.28. The van der Waals surface area contributed by atoms with Crippen LogP contribution in [-0.4, -0.2) is 15.5 Å². The van der Waals surface area contributed by atoms with Gasteiger partial charge in [-0.2, -0.15) is 0 Å². The molecule has 1 aliphatic rings. The van der Waals surface area contributed by atoms with Gasteiger partial charge < -0.3 is 0 Å². The van der Waals surface area contributed by atoms with Gasteiger partial charge in [-0.05, 0) is 0 Å². The topological polar surface area (TPSA) is 12.0 Å². The zero-order chi connectivity index (χ0) is 4.95. The number of hydrogen-bond donors (Lipinski definition) is 1. The molecule has 0 bridgehead atoms. The quantitative estimate of drug-likeness (QED) is 0.264. The molecule has 0 amide bonds. The molecule has 0 saturated carbocycles. The van der Waals surface area contributed by atoms with Gasteiger partial charge in [0.15, 0.2) is 0 Å². The maximum atomic E-state index is 3.40. The molecule has 0 aromatic heterocycles. The Balaban J connectivity index is 2.04. The number of hydrogen-bond acceptors (Lipinski definition) is 1. The van der Waals surface area contributed by atoms with E-state index in [0.717, 1.165) is 0 Å². The normalized spacial score (nSPS) is 25.1. The predicted octanol–water partition coefficient (Wildman–Crippen LogP) is -2.58. The van der Waals surface area contributed by atoms with Gasteiger partial charge in [0.1, 0.15) is 0 Å². The Morgan fingerprint density at radius 2 is 2.29 bits per heavy atom. The molecule has 1 rings (SSSR count). The molecule has 0 aromatic carbocycles. The fraction of sp³-hybridized carbons (Fsp3) is 1.00. The van der Waals surface area contributed by atoms with E-state index in [1.165, 1.54) is 23.9 Å². The van der Waals surface area contributed by atoms with Gasteiger partial charge in [0.25, 0.3) is 0 Å². The third kappa shape index (κ3) is 2.49. The monoisotopic (exact) mass is 212 g/mol. The number of rotatable bonds is 0. The fourth-order valence-electron chi connectivity index (χ4n) is 0.639. The molecule has 0 spiro atoms. The van der Waals surface area contributed by atoms with Crippen LogP contribution in [0, 0.1) is 0 Å². The standard InChI is InChI=1S/C5H11IN/c1-2-4-7-5-6-3-1/h7H,1-5H2/q-1. The summed E-state index contributed by atoms with van der Waals surface area (Å²) in [4.78, 5) is 0. The SMILES string of the molecule is C1CC[I-]CNC1. The Bertz CT molecular complexity index is 27.7. The van der Waals surface area contributed by atoms with Gasteiger partial charge in [-0.3, -0.25) is 0 Å². The summed E-state index contributed by atoms with van der Waals surface area (Å²) in [6, 6.07) is 0. The number of halogens is 1. The van der Waals surface area contributed by atoms with E-state index in [1.807, 2.05) is 0 Å². The van der Waals surface area contributed by atoms with Crippen LogP contribution in [0.3, 0.4) is 0 Å². The van der Waals surface area contributed by atoms with E-state index in [-0.39, 0.29) is 0 Å². The molecule has 1 N–H and O–H groups in total. The van der Waals surface area contributed by atoms with Crippen LogP contribution in [0.1, 0.15) is 12.8 Å². The van der Waals surface area contributed by atoms with Gasteiger partial charge in [-0.15, -0.1) is 0 Å². The van der Waals surface area contributed by atoms with E-state index in [0.29, 0.717) is 21.2 Å².